The van der Waals surface area contributed by atoms with Crippen LogP contribution in [0.25, 0.3) is 0 Å². The van der Waals surface area contributed by atoms with Crippen molar-refractivity contribution < 1.29 is 5.11 Å². The molecule has 0 spiro atoms. The Morgan fingerprint density at radius 1 is 1.11 bits per heavy atom. The molecular formula is C16H25NO. The molecule has 0 bridgehead atoms. The highest BCUT2D eigenvalue weighted by molar-refractivity contribution is 5.22. The third-order valence-corrected chi connectivity index (χ3v) is 3.69. The van der Waals surface area contributed by atoms with Crippen molar-refractivity contribution in [3.05, 3.63) is 35.9 Å². The van der Waals surface area contributed by atoms with Gasteiger partial charge in [0.25, 0.3) is 0 Å². The largest absolute Gasteiger partial charge is 0.385 e. The van der Waals surface area contributed by atoms with Gasteiger partial charge in [0.1, 0.15) is 0 Å². The van der Waals surface area contributed by atoms with Crippen molar-refractivity contribution in [2.24, 2.45) is 5.41 Å². The fourth-order valence-corrected chi connectivity index (χ4v) is 2.79. The molecule has 1 fully saturated rings. The molecule has 2 heteroatoms. The Morgan fingerprint density at radius 2 is 1.67 bits per heavy atom. The van der Waals surface area contributed by atoms with Gasteiger partial charge in [-0.25, -0.2) is 0 Å². The Bertz CT molecular complexity index is 372. The lowest BCUT2D eigenvalue weighted by Gasteiger charge is -2.40. The molecule has 0 aromatic heterocycles. The lowest BCUT2D eigenvalue weighted by atomic mass is 9.83. The Balaban J connectivity index is 1.98. The van der Waals surface area contributed by atoms with Gasteiger partial charge in [-0.3, -0.25) is 0 Å². The van der Waals surface area contributed by atoms with Gasteiger partial charge in [0.05, 0.1) is 5.60 Å². The normalized spacial score (nSPS) is 20.9. The van der Waals surface area contributed by atoms with Crippen LogP contribution >= 0.6 is 0 Å². The molecule has 1 heterocycles. The number of hydrogen-bond donors (Lipinski definition) is 1. The molecule has 1 N–H and O–H groups in total. The minimum atomic E-state index is -0.615. The summed E-state index contributed by atoms with van der Waals surface area (Å²) < 4.78 is 0. The smallest absolute Gasteiger partial charge is 0.0920 e. The third-order valence-electron chi connectivity index (χ3n) is 3.69. The van der Waals surface area contributed by atoms with E-state index in [1.54, 1.807) is 0 Å². The van der Waals surface area contributed by atoms with E-state index in [1.165, 1.54) is 0 Å². The molecule has 1 aliphatic rings. The first kappa shape index (κ1) is 13.6. The monoisotopic (exact) mass is 247 g/mol. The Morgan fingerprint density at radius 3 is 2.17 bits per heavy atom. The second kappa shape index (κ2) is 5.02. The van der Waals surface area contributed by atoms with Gasteiger partial charge in [0.15, 0.2) is 0 Å². The zero-order valence-corrected chi connectivity index (χ0v) is 11.8. The van der Waals surface area contributed by atoms with Crippen LogP contribution in [0.5, 0.6) is 0 Å². The van der Waals surface area contributed by atoms with E-state index in [9.17, 15) is 5.11 Å². The molecule has 0 saturated carbocycles. The number of nitrogens with zero attached hydrogens (tertiary/aromatic N) is 1. The summed E-state index contributed by atoms with van der Waals surface area (Å²) in [6.07, 6.45) is 1.68. The van der Waals surface area contributed by atoms with E-state index in [0.717, 1.165) is 38.0 Å². The molecule has 1 aromatic carbocycles. The highest BCUT2D eigenvalue weighted by atomic mass is 16.3. The molecule has 0 radical (unpaired) electrons. The molecule has 0 amide bonds. The lowest BCUT2D eigenvalue weighted by molar-refractivity contribution is -0.0317. The summed E-state index contributed by atoms with van der Waals surface area (Å²) in [4.78, 5) is 2.47. The maximum Gasteiger partial charge on any atom is 0.0920 e. The van der Waals surface area contributed by atoms with Gasteiger partial charge in [-0.1, -0.05) is 51.1 Å². The van der Waals surface area contributed by atoms with Gasteiger partial charge in [-0.2, -0.15) is 0 Å². The first-order valence-corrected chi connectivity index (χ1v) is 6.89. The quantitative estimate of drug-likeness (QED) is 0.868. The molecule has 18 heavy (non-hydrogen) atoms. The maximum atomic E-state index is 10.7. The van der Waals surface area contributed by atoms with Crippen molar-refractivity contribution in [2.75, 3.05) is 19.6 Å². The van der Waals surface area contributed by atoms with Crippen molar-refractivity contribution in [3.63, 3.8) is 0 Å². The summed E-state index contributed by atoms with van der Waals surface area (Å²) in [5, 5.41) is 10.7. The van der Waals surface area contributed by atoms with E-state index in [-0.39, 0.29) is 0 Å². The number of aliphatic hydroxyl groups is 1. The molecule has 0 atom stereocenters. The summed E-state index contributed by atoms with van der Waals surface area (Å²) in [7, 11) is 0. The third kappa shape index (κ3) is 3.33. The van der Waals surface area contributed by atoms with E-state index in [0.29, 0.717) is 5.41 Å². The van der Waals surface area contributed by atoms with Gasteiger partial charge in [-0.05, 0) is 23.8 Å². The molecule has 2 nitrogen and oxygen atoms in total. The van der Waals surface area contributed by atoms with Crippen LogP contribution in [0, 0.1) is 5.41 Å². The SMILES string of the molecule is CC(C)(C)CN1CCC(O)(c2ccccc2)CC1. The molecule has 0 unspecified atom stereocenters. The van der Waals surface area contributed by atoms with E-state index in [2.05, 4.69) is 25.7 Å². The van der Waals surface area contributed by atoms with Gasteiger partial charge < -0.3 is 10.0 Å². The maximum absolute atomic E-state index is 10.7. The summed E-state index contributed by atoms with van der Waals surface area (Å²) in [6, 6.07) is 10.1. The Labute approximate surface area is 111 Å². The zero-order valence-electron chi connectivity index (χ0n) is 11.8. The van der Waals surface area contributed by atoms with Crippen LogP contribution in [0.3, 0.4) is 0 Å². The van der Waals surface area contributed by atoms with Crippen molar-refractivity contribution >= 4 is 0 Å². The van der Waals surface area contributed by atoms with Gasteiger partial charge in [0, 0.05) is 19.6 Å². The topological polar surface area (TPSA) is 23.5 Å². The van der Waals surface area contributed by atoms with Crippen LogP contribution in [0.2, 0.25) is 0 Å². The fraction of sp³-hybridized carbons (Fsp3) is 0.625. The Hall–Kier alpha value is -0.860. The van der Waals surface area contributed by atoms with Crippen LogP contribution in [-0.4, -0.2) is 29.6 Å². The van der Waals surface area contributed by atoms with Crippen LogP contribution in [0.4, 0.5) is 0 Å². The molecule has 0 aliphatic carbocycles. The predicted molar refractivity (Wildman–Crippen MR) is 75.5 cm³/mol. The van der Waals surface area contributed by atoms with Crippen molar-refractivity contribution in [3.8, 4) is 0 Å². The number of rotatable bonds is 2. The predicted octanol–water partition coefficient (Wildman–Crippen LogP) is 3.02. The lowest BCUT2D eigenvalue weighted by Crippen LogP contribution is -2.45. The van der Waals surface area contributed by atoms with Crippen LogP contribution in [-0.2, 0) is 5.60 Å². The number of likely N-dealkylation sites (tertiary alicyclic amines) is 1. The standard InChI is InChI=1S/C16H25NO/c1-15(2,3)13-17-11-9-16(18,10-12-17)14-7-5-4-6-8-14/h4-8,18H,9-13H2,1-3H3. The highest BCUT2D eigenvalue weighted by Crippen LogP contribution is 2.33. The molecule has 100 valence electrons. The number of hydrogen-bond acceptors (Lipinski definition) is 2. The van der Waals surface area contributed by atoms with Crippen molar-refractivity contribution in [1.82, 2.24) is 4.90 Å². The molecule has 1 saturated heterocycles. The summed E-state index contributed by atoms with van der Waals surface area (Å²) >= 11 is 0. The molecule has 1 aromatic rings. The molecule has 1 aliphatic heterocycles. The summed E-state index contributed by atoms with van der Waals surface area (Å²) in [5.41, 5.74) is 0.790. The minimum Gasteiger partial charge on any atom is -0.385 e. The number of piperidine rings is 1. The van der Waals surface area contributed by atoms with Crippen LogP contribution < -0.4 is 0 Å². The van der Waals surface area contributed by atoms with E-state index in [1.807, 2.05) is 30.3 Å². The Kier molecular flexibility index (Phi) is 3.79. The van der Waals surface area contributed by atoms with Crippen molar-refractivity contribution in [2.45, 2.75) is 39.2 Å². The summed E-state index contributed by atoms with van der Waals surface area (Å²) in [6.45, 7) is 9.89. The first-order valence-electron chi connectivity index (χ1n) is 6.89. The van der Waals surface area contributed by atoms with Crippen molar-refractivity contribution in [1.29, 1.82) is 0 Å². The van der Waals surface area contributed by atoms with Gasteiger partial charge >= 0.3 is 0 Å². The average Bonchev–Trinajstić information content (AvgIpc) is 2.32. The van der Waals surface area contributed by atoms with Crippen LogP contribution in [0.15, 0.2) is 30.3 Å². The average molecular weight is 247 g/mol. The summed E-state index contributed by atoms with van der Waals surface area (Å²) in [5.74, 6) is 0. The minimum absolute atomic E-state index is 0.336. The zero-order chi connectivity index (χ0) is 13.2. The van der Waals surface area contributed by atoms with E-state index < -0.39 is 5.60 Å². The molecular weight excluding hydrogens is 222 g/mol. The van der Waals surface area contributed by atoms with Crippen LogP contribution in [0.1, 0.15) is 39.2 Å². The number of benzene rings is 1. The van der Waals surface area contributed by atoms with E-state index >= 15 is 0 Å². The van der Waals surface area contributed by atoms with Gasteiger partial charge in [0.2, 0.25) is 0 Å². The van der Waals surface area contributed by atoms with Gasteiger partial charge in [-0.15, -0.1) is 0 Å². The first-order chi connectivity index (χ1) is 8.39. The fourth-order valence-electron chi connectivity index (χ4n) is 2.79. The van der Waals surface area contributed by atoms with E-state index in [4.69, 9.17) is 0 Å². The highest BCUT2D eigenvalue weighted by Gasteiger charge is 2.34. The molecule has 2 rings (SSSR count). The second-order valence-corrected chi connectivity index (χ2v) is 6.73. The second-order valence-electron chi connectivity index (χ2n) is 6.73.